The number of ether oxygens (including phenoxy) is 3. The highest BCUT2D eigenvalue weighted by molar-refractivity contribution is 5.70. The van der Waals surface area contributed by atoms with Crippen molar-refractivity contribution in [2.75, 3.05) is 20.5 Å². The number of unbranched alkanes of at least 4 members (excludes halogenated alkanes) is 2. The zero-order valence-electron chi connectivity index (χ0n) is 9.99. The van der Waals surface area contributed by atoms with Crippen LogP contribution in [-0.2, 0) is 23.8 Å². The third-order valence-corrected chi connectivity index (χ3v) is 1.96. The maximum absolute atomic E-state index is 11.1. The highest BCUT2D eigenvalue weighted by atomic mass is 16.7. The lowest BCUT2D eigenvalue weighted by Crippen LogP contribution is -2.11. The predicted molar refractivity (Wildman–Crippen MR) is 57.7 cm³/mol. The normalized spacial score (nSPS) is 9.88. The summed E-state index contributed by atoms with van der Waals surface area (Å²) in [5.41, 5.74) is 0. The zero-order valence-corrected chi connectivity index (χ0v) is 9.99. The fourth-order valence-electron chi connectivity index (χ4n) is 1.03. The quantitative estimate of drug-likeness (QED) is 0.343. The van der Waals surface area contributed by atoms with E-state index in [-0.39, 0.29) is 25.2 Å². The van der Waals surface area contributed by atoms with E-state index in [1.165, 1.54) is 0 Å². The Morgan fingerprint density at radius 2 is 1.69 bits per heavy atom. The van der Waals surface area contributed by atoms with Crippen LogP contribution in [0.5, 0.6) is 0 Å². The summed E-state index contributed by atoms with van der Waals surface area (Å²) in [5.74, 6) is -0.700. The molecule has 0 aromatic rings. The van der Waals surface area contributed by atoms with Crippen LogP contribution < -0.4 is 0 Å². The Morgan fingerprint density at radius 3 is 2.31 bits per heavy atom. The van der Waals surface area contributed by atoms with E-state index < -0.39 is 0 Å². The van der Waals surface area contributed by atoms with Gasteiger partial charge in [0.1, 0.15) is 0 Å². The summed E-state index contributed by atoms with van der Waals surface area (Å²) in [6.45, 7) is 2.12. The smallest absolute Gasteiger partial charge is 0.308 e. The molecule has 0 N–H and O–H groups in total. The Hall–Kier alpha value is -1.10. The molecule has 0 saturated heterocycles. The highest BCUT2D eigenvalue weighted by Gasteiger charge is 2.04. The largest absolute Gasteiger partial charge is 0.428 e. The van der Waals surface area contributed by atoms with E-state index >= 15 is 0 Å². The van der Waals surface area contributed by atoms with Gasteiger partial charge in [-0.25, -0.2) is 0 Å². The van der Waals surface area contributed by atoms with Crippen molar-refractivity contribution >= 4 is 11.9 Å². The Bertz CT molecular complexity index is 203. The molecule has 94 valence electrons. The number of hydrogen-bond donors (Lipinski definition) is 0. The van der Waals surface area contributed by atoms with Crippen molar-refractivity contribution in [3.8, 4) is 0 Å². The minimum absolute atomic E-state index is 0.274. The molecule has 16 heavy (non-hydrogen) atoms. The van der Waals surface area contributed by atoms with Gasteiger partial charge in [0.2, 0.25) is 6.79 Å². The topological polar surface area (TPSA) is 61.8 Å². The van der Waals surface area contributed by atoms with E-state index in [1.807, 2.05) is 0 Å². The molecule has 0 atom stereocenters. The number of carbonyl (C=O) groups excluding carboxylic acids is 2. The zero-order chi connectivity index (χ0) is 12.2. The van der Waals surface area contributed by atoms with Gasteiger partial charge in [-0.05, 0) is 12.8 Å². The first-order chi connectivity index (χ1) is 7.70. The second-order valence-corrected chi connectivity index (χ2v) is 3.31. The minimum atomic E-state index is -0.368. The SMILES string of the molecule is CCC(=O)OCOC(=O)CCCCCOC. The van der Waals surface area contributed by atoms with E-state index in [2.05, 4.69) is 4.74 Å². The lowest BCUT2D eigenvalue weighted by atomic mass is 10.2. The van der Waals surface area contributed by atoms with Crippen molar-refractivity contribution in [2.45, 2.75) is 39.0 Å². The van der Waals surface area contributed by atoms with Crippen LogP contribution in [0.25, 0.3) is 0 Å². The van der Waals surface area contributed by atoms with Gasteiger partial charge >= 0.3 is 11.9 Å². The van der Waals surface area contributed by atoms with Gasteiger partial charge < -0.3 is 14.2 Å². The number of methoxy groups -OCH3 is 1. The van der Waals surface area contributed by atoms with Crippen molar-refractivity contribution in [3.05, 3.63) is 0 Å². The maximum Gasteiger partial charge on any atom is 0.308 e. The molecule has 5 heteroatoms. The van der Waals surface area contributed by atoms with E-state index in [0.29, 0.717) is 13.0 Å². The van der Waals surface area contributed by atoms with Crippen LogP contribution in [0.2, 0.25) is 0 Å². The third kappa shape index (κ3) is 9.45. The molecule has 0 aliphatic heterocycles. The Kier molecular flexibility index (Phi) is 9.70. The van der Waals surface area contributed by atoms with Crippen molar-refractivity contribution in [1.29, 1.82) is 0 Å². The van der Waals surface area contributed by atoms with Gasteiger partial charge in [0.05, 0.1) is 0 Å². The first-order valence-electron chi connectivity index (χ1n) is 5.50. The van der Waals surface area contributed by atoms with E-state index in [9.17, 15) is 9.59 Å². The molecule has 0 bridgehead atoms. The minimum Gasteiger partial charge on any atom is -0.428 e. The van der Waals surface area contributed by atoms with Crippen LogP contribution in [0.3, 0.4) is 0 Å². The molecule has 5 nitrogen and oxygen atoms in total. The molecule has 0 aromatic heterocycles. The molecule has 0 spiro atoms. The summed E-state index contributed by atoms with van der Waals surface area (Å²) >= 11 is 0. The molecule has 0 aliphatic carbocycles. The molecular formula is C11H20O5. The van der Waals surface area contributed by atoms with Gasteiger partial charge in [0.25, 0.3) is 0 Å². The average molecular weight is 232 g/mol. The molecule has 0 saturated carbocycles. The van der Waals surface area contributed by atoms with Gasteiger partial charge in [0, 0.05) is 26.6 Å². The average Bonchev–Trinajstić information content (AvgIpc) is 2.28. The molecule has 0 amide bonds. The molecule has 0 unspecified atom stereocenters. The first kappa shape index (κ1) is 14.9. The summed E-state index contributed by atoms with van der Waals surface area (Å²) in [6.07, 6.45) is 3.28. The van der Waals surface area contributed by atoms with E-state index in [4.69, 9.17) is 9.47 Å². The van der Waals surface area contributed by atoms with Crippen LogP contribution in [0.1, 0.15) is 39.0 Å². The van der Waals surface area contributed by atoms with Crippen LogP contribution in [0, 0.1) is 0 Å². The molecule has 0 aromatic carbocycles. The summed E-state index contributed by atoms with van der Waals surface area (Å²) in [6, 6.07) is 0. The number of hydrogen-bond acceptors (Lipinski definition) is 5. The Balaban J connectivity index is 3.28. The lowest BCUT2D eigenvalue weighted by Gasteiger charge is -2.05. The number of esters is 2. The van der Waals surface area contributed by atoms with Crippen molar-refractivity contribution in [1.82, 2.24) is 0 Å². The molecule has 0 radical (unpaired) electrons. The van der Waals surface area contributed by atoms with Crippen LogP contribution >= 0.6 is 0 Å². The van der Waals surface area contributed by atoms with Gasteiger partial charge in [-0.3, -0.25) is 9.59 Å². The standard InChI is InChI=1S/C11H20O5/c1-3-10(12)15-9-16-11(13)7-5-4-6-8-14-2/h3-9H2,1-2H3. The Labute approximate surface area is 96.1 Å². The monoisotopic (exact) mass is 232 g/mol. The summed E-state index contributed by atoms with van der Waals surface area (Å²) < 4.78 is 14.2. The number of rotatable bonds is 9. The number of carbonyl (C=O) groups is 2. The lowest BCUT2D eigenvalue weighted by molar-refractivity contribution is -0.167. The highest BCUT2D eigenvalue weighted by Crippen LogP contribution is 2.01. The third-order valence-electron chi connectivity index (χ3n) is 1.96. The van der Waals surface area contributed by atoms with Crippen LogP contribution in [0.15, 0.2) is 0 Å². The van der Waals surface area contributed by atoms with E-state index in [0.717, 1.165) is 19.3 Å². The summed E-state index contributed by atoms with van der Waals surface area (Å²) in [7, 11) is 1.65. The molecular weight excluding hydrogens is 212 g/mol. The van der Waals surface area contributed by atoms with Gasteiger partial charge in [-0.15, -0.1) is 0 Å². The van der Waals surface area contributed by atoms with E-state index in [1.54, 1.807) is 14.0 Å². The van der Waals surface area contributed by atoms with Crippen LogP contribution in [0.4, 0.5) is 0 Å². The van der Waals surface area contributed by atoms with Crippen molar-refractivity contribution in [3.63, 3.8) is 0 Å². The fourth-order valence-corrected chi connectivity index (χ4v) is 1.03. The molecule has 0 heterocycles. The molecule has 0 fully saturated rings. The first-order valence-corrected chi connectivity index (χ1v) is 5.50. The second-order valence-electron chi connectivity index (χ2n) is 3.31. The van der Waals surface area contributed by atoms with Gasteiger partial charge in [0.15, 0.2) is 0 Å². The summed E-state index contributed by atoms with van der Waals surface area (Å²) in [4.78, 5) is 21.8. The molecule has 0 rings (SSSR count). The van der Waals surface area contributed by atoms with Crippen molar-refractivity contribution in [2.24, 2.45) is 0 Å². The summed E-state index contributed by atoms with van der Waals surface area (Å²) in [5, 5.41) is 0. The van der Waals surface area contributed by atoms with Crippen LogP contribution in [-0.4, -0.2) is 32.4 Å². The van der Waals surface area contributed by atoms with Crippen molar-refractivity contribution < 1.29 is 23.8 Å². The maximum atomic E-state index is 11.1. The van der Waals surface area contributed by atoms with Gasteiger partial charge in [-0.2, -0.15) is 0 Å². The second kappa shape index (κ2) is 10.4. The van der Waals surface area contributed by atoms with Gasteiger partial charge in [-0.1, -0.05) is 13.3 Å². The fraction of sp³-hybridized carbons (Fsp3) is 0.818. The Morgan fingerprint density at radius 1 is 1.00 bits per heavy atom. The molecule has 0 aliphatic rings. The predicted octanol–water partition coefficient (Wildman–Crippen LogP) is 1.65.